The van der Waals surface area contributed by atoms with Crippen molar-refractivity contribution >= 4 is 29.4 Å². The zero-order valence-electron chi connectivity index (χ0n) is 17.6. The molecule has 1 fully saturated rings. The quantitative estimate of drug-likeness (QED) is 0.613. The Morgan fingerprint density at radius 2 is 1.60 bits per heavy atom. The molecular formula is C22H27NO5S2. The predicted molar refractivity (Wildman–Crippen MR) is 122 cm³/mol. The number of hydrogen-bond donors (Lipinski definition) is 1. The van der Waals surface area contributed by atoms with Crippen molar-refractivity contribution in [3.63, 3.8) is 0 Å². The predicted octanol–water partition coefficient (Wildman–Crippen LogP) is 4.27. The molecule has 162 valence electrons. The van der Waals surface area contributed by atoms with Crippen molar-refractivity contribution in [2.24, 2.45) is 0 Å². The van der Waals surface area contributed by atoms with Gasteiger partial charge in [-0.05, 0) is 42.3 Å². The molecule has 1 heterocycles. The van der Waals surface area contributed by atoms with E-state index in [1.165, 1.54) is 5.56 Å². The van der Waals surface area contributed by atoms with E-state index in [9.17, 15) is 4.79 Å². The lowest BCUT2D eigenvalue weighted by molar-refractivity contribution is -0.127. The van der Waals surface area contributed by atoms with Crippen molar-refractivity contribution in [2.45, 2.75) is 24.2 Å². The van der Waals surface area contributed by atoms with Crippen LogP contribution in [0.25, 0.3) is 0 Å². The van der Waals surface area contributed by atoms with Crippen LogP contribution in [0.4, 0.5) is 0 Å². The maximum Gasteiger partial charge on any atom is 0.261 e. The highest BCUT2D eigenvalue weighted by atomic mass is 32.2. The van der Waals surface area contributed by atoms with Gasteiger partial charge in [-0.2, -0.15) is 0 Å². The lowest BCUT2D eigenvalue weighted by atomic mass is 10.2. The van der Waals surface area contributed by atoms with Crippen molar-refractivity contribution in [1.29, 1.82) is 0 Å². The van der Waals surface area contributed by atoms with E-state index in [-0.39, 0.29) is 5.91 Å². The molecule has 0 aliphatic carbocycles. The molecule has 6 nitrogen and oxygen atoms in total. The molecule has 0 saturated carbocycles. The monoisotopic (exact) mass is 449 g/mol. The van der Waals surface area contributed by atoms with Gasteiger partial charge in [0.25, 0.3) is 5.91 Å². The summed E-state index contributed by atoms with van der Waals surface area (Å²) in [4.78, 5) is 12.5. The summed E-state index contributed by atoms with van der Waals surface area (Å²) < 4.78 is 22.4. The largest absolute Gasteiger partial charge is 0.493 e. The highest BCUT2D eigenvalue weighted by molar-refractivity contribution is 8.19. The molecule has 2 aromatic rings. The molecule has 2 aromatic carbocycles. The van der Waals surface area contributed by atoms with Gasteiger partial charge in [-0.1, -0.05) is 12.1 Å². The second-order valence-corrected chi connectivity index (χ2v) is 9.38. The molecule has 1 atom stereocenters. The number of carbonyl (C=O) groups excluding carboxylic acids is 1. The van der Waals surface area contributed by atoms with Gasteiger partial charge < -0.3 is 24.3 Å². The summed E-state index contributed by atoms with van der Waals surface area (Å²) in [7, 11) is 4.78. The van der Waals surface area contributed by atoms with E-state index in [1.807, 2.05) is 59.9 Å². The van der Waals surface area contributed by atoms with Crippen LogP contribution in [-0.2, 0) is 11.3 Å². The van der Waals surface area contributed by atoms with Gasteiger partial charge in [-0.3, -0.25) is 4.79 Å². The number of carbonyl (C=O) groups is 1. The number of methoxy groups -OCH3 is 3. The van der Waals surface area contributed by atoms with Crippen molar-refractivity contribution in [3.8, 4) is 23.0 Å². The van der Waals surface area contributed by atoms with Crippen LogP contribution in [0.1, 0.15) is 22.6 Å². The molecule has 8 heteroatoms. The summed E-state index contributed by atoms with van der Waals surface area (Å²) in [5, 5.41) is 2.89. The van der Waals surface area contributed by atoms with Crippen LogP contribution in [0.3, 0.4) is 0 Å². The minimum atomic E-state index is -0.667. The molecule has 1 N–H and O–H groups in total. The number of ether oxygens (including phenoxy) is 4. The van der Waals surface area contributed by atoms with E-state index >= 15 is 0 Å². The van der Waals surface area contributed by atoms with Crippen LogP contribution in [-0.4, -0.2) is 44.8 Å². The van der Waals surface area contributed by atoms with E-state index in [1.54, 1.807) is 28.3 Å². The Hall–Kier alpha value is -2.19. The second kappa shape index (κ2) is 10.7. The molecular weight excluding hydrogens is 422 g/mol. The SMILES string of the molecule is COc1ccc(CNC(=O)C(C)Oc2ccc(C3SCCS3)cc2OC)cc1OC. The molecule has 30 heavy (non-hydrogen) atoms. The number of nitrogens with one attached hydrogen (secondary N) is 1. The van der Waals surface area contributed by atoms with Gasteiger partial charge in [0.2, 0.25) is 0 Å². The molecule has 1 aliphatic rings. The summed E-state index contributed by atoms with van der Waals surface area (Å²) in [5.41, 5.74) is 2.11. The maximum atomic E-state index is 12.5. The lowest BCUT2D eigenvalue weighted by Gasteiger charge is -2.18. The summed E-state index contributed by atoms with van der Waals surface area (Å²) in [6, 6.07) is 11.5. The fourth-order valence-electron chi connectivity index (χ4n) is 3.05. The molecule has 0 aromatic heterocycles. The van der Waals surface area contributed by atoms with Crippen molar-refractivity contribution in [3.05, 3.63) is 47.5 Å². The minimum absolute atomic E-state index is 0.210. The van der Waals surface area contributed by atoms with Crippen LogP contribution in [0.15, 0.2) is 36.4 Å². The first-order valence-electron chi connectivity index (χ1n) is 9.62. The Bertz CT molecular complexity index is 871. The average molecular weight is 450 g/mol. The maximum absolute atomic E-state index is 12.5. The van der Waals surface area contributed by atoms with E-state index < -0.39 is 6.10 Å². The zero-order valence-corrected chi connectivity index (χ0v) is 19.2. The zero-order chi connectivity index (χ0) is 21.5. The minimum Gasteiger partial charge on any atom is -0.493 e. The summed E-state index contributed by atoms with van der Waals surface area (Å²) in [6.07, 6.45) is -0.667. The van der Waals surface area contributed by atoms with Crippen molar-refractivity contribution in [2.75, 3.05) is 32.8 Å². The number of benzene rings is 2. The second-order valence-electron chi connectivity index (χ2n) is 6.65. The van der Waals surface area contributed by atoms with Crippen molar-refractivity contribution in [1.82, 2.24) is 5.32 Å². The molecule has 1 unspecified atom stereocenters. The summed E-state index contributed by atoms with van der Waals surface area (Å²) in [5.74, 6) is 4.58. The fraction of sp³-hybridized carbons (Fsp3) is 0.409. The van der Waals surface area contributed by atoms with Gasteiger partial charge in [0.1, 0.15) is 0 Å². The first-order valence-corrected chi connectivity index (χ1v) is 11.7. The van der Waals surface area contributed by atoms with E-state index in [0.717, 1.165) is 17.1 Å². The average Bonchev–Trinajstić information content (AvgIpc) is 3.32. The normalized spacial score (nSPS) is 14.8. The molecule has 0 radical (unpaired) electrons. The van der Waals surface area contributed by atoms with Gasteiger partial charge in [-0.15, -0.1) is 23.5 Å². The van der Waals surface area contributed by atoms with Gasteiger partial charge in [-0.25, -0.2) is 0 Å². The lowest BCUT2D eigenvalue weighted by Crippen LogP contribution is -2.36. The van der Waals surface area contributed by atoms with Gasteiger partial charge in [0.05, 0.1) is 25.9 Å². The third-order valence-corrected chi connectivity index (χ3v) is 7.77. The molecule has 3 rings (SSSR count). The molecule has 1 saturated heterocycles. The number of amides is 1. The first-order chi connectivity index (χ1) is 14.5. The van der Waals surface area contributed by atoms with Crippen LogP contribution in [0, 0.1) is 0 Å². The first kappa shape index (κ1) is 22.5. The number of hydrogen-bond acceptors (Lipinski definition) is 7. The van der Waals surface area contributed by atoms with Crippen molar-refractivity contribution < 1.29 is 23.7 Å². The standard InChI is InChI=1S/C22H27NO5S2/c1-14(21(24)23-13-15-5-7-17(25-2)19(11-15)26-3)28-18-8-6-16(12-20(18)27-4)22-29-9-10-30-22/h5-8,11-12,14,22H,9-10,13H2,1-4H3,(H,23,24). The van der Waals surface area contributed by atoms with Gasteiger partial charge in [0.15, 0.2) is 29.1 Å². The Labute approximate surface area is 186 Å². The van der Waals surface area contributed by atoms with E-state index in [0.29, 0.717) is 34.1 Å². The van der Waals surface area contributed by atoms with Crippen LogP contribution < -0.4 is 24.3 Å². The summed E-state index contributed by atoms with van der Waals surface area (Å²) in [6.45, 7) is 2.08. The Balaban J connectivity index is 1.60. The van der Waals surface area contributed by atoms with E-state index in [4.69, 9.17) is 18.9 Å². The number of rotatable bonds is 9. The third-order valence-electron chi connectivity index (χ3n) is 4.67. The fourth-order valence-corrected chi connectivity index (χ4v) is 5.88. The highest BCUT2D eigenvalue weighted by Gasteiger charge is 2.21. The van der Waals surface area contributed by atoms with Crippen LogP contribution in [0.2, 0.25) is 0 Å². The molecule has 1 amide bonds. The Morgan fingerprint density at radius 3 is 2.27 bits per heavy atom. The Morgan fingerprint density at radius 1 is 0.967 bits per heavy atom. The number of thioether (sulfide) groups is 2. The Kier molecular flexibility index (Phi) is 8.04. The summed E-state index contributed by atoms with van der Waals surface area (Å²) >= 11 is 3.87. The van der Waals surface area contributed by atoms with E-state index in [2.05, 4.69) is 5.32 Å². The molecule has 0 spiro atoms. The molecule has 0 bridgehead atoms. The highest BCUT2D eigenvalue weighted by Crippen LogP contribution is 2.47. The van der Waals surface area contributed by atoms with Crippen LogP contribution in [0.5, 0.6) is 23.0 Å². The van der Waals surface area contributed by atoms with Crippen LogP contribution >= 0.6 is 23.5 Å². The topological polar surface area (TPSA) is 66.0 Å². The van der Waals surface area contributed by atoms with Gasteiger partial charge >= 0.3 is 0 Å². The third kappa shape index (κ3) is 5.49. The smallest absolute Gasteiger partial charge is 0.261 e. The van der Waals surface area contributed by atoms with Gasteiger partial charge in [0, 0.05) is 18.1 Å². The molecule has 1 aliphatic heterocycles.